The Bertz CT molecular complexity index is 258. The molecule has 0 fully saturated rings. The Kier molecular flexibility index (Phi) is 4.72. The summed E-state index contributed by atoms with van der Waals surface area (Å²) >= 11 is 0. The fourth-order valence-electron chi connectivity index (χ4n) is 0.925. The second-order valence-electron chi connectivity index (χ2n) is 2.54. The molecule has 13 heavy (non-hydrogen) atoms. The molecule has 1 aromatic carbocycles. The maximum atomic E-state index is 10.3. The first-order valence-corrected chi connectivity index (χ1v) is 3.65. The predicted molar refractivity (Wildman–Crippen MR) is 47.4 cm³/mol. The molecule has 1 unspecified atom stereocenters. The third-order valence-electron chi connectivity index (χ3n) is 1.56. The van der Waals surface area contributed by atoms with Gasteiger partial charge in [0, 0.05) is 6.42 Å². The van der Waals surface area contributed by atoms with Crippen LogP contribution in [0.25, 0.3) is 0 Å². The minimum atomic E-state index is -1.30. The van der Waals surface area contributed by atoms with Crippen molar-refractivity contribution < 1.29 is 20.5 Å². The first-order chi connectivity index (χ1) is 5.70. The van der Waals surface area contributed by atoms with Crippen LogP contribution in [0.5, 0.6) is 0 Å². The average molecular weight is 184 g/mol. The van der Waals surface area contributed by atoms with E-state index in [4.69, 9.17) is 10.2 Å². The van der Waals surface area contributed by atoms with Crippen LogP contribution in [0, 0.1) is 0 Å². The summed E-state index contributed by atoms with van der Waals surface area (Å²) in [5.41, 5.74) is 0.826. The molecule has 0 aliphatic rings. The van der Waals surface area contributed by atoms with Crippen molar-refractivity contribution in [3.8, 4) is 0 Å². The van der Waals surface area contributed by atoms with Gasteiger partial charge in [-0.3, -0.25) is 0 Å². The highest BCUT2D eigenvalue weighted by Gasteiger charge is 2.12. The number of carbonyl (C=O) groups is 1. The van der Waals surface area contributed by atoms with Gasteiger partial charge in [-0.15, -0.1) is 0 Å². The predicted octanol–water partition coefficient (Wildman–Crippen LogP) is -0.150. The maximum absolute atomic E-state index is 10.3. The maximum Gasteiger partial charge on any atom is 0.332 e. The van der Waals surface area contributed by atoms with Gasteiger partial charge in [0.2, 0.25) is 0 Å². The zero-order valence-corrected chi connectivity index (χ0v) is 6.97. The second-order valence-corrected chi connectivity index (χ2v) is 2.54. The molecule has 1 aromatic rings. The van der Waals surface area contributed by atoms with Crippen LogP contribution in [0.1, 0.15) is 5.56 Å². The van der Waals surface area contributed by atoms with Crippen LogP contribution in [0.2, 0.25) is 0 Å². The molecule has 0 radical (unpaired) electrons. The SMILES string of the molecule is O.O=C(O)C(O)Cc1ccccc1. The monoisotopic (exact) mass is 184 g/mol. The van der Waals surface area contributed by atoms with Crippen LogP contribution in [0.4, 0.5) is 0 Å². The molecule has 4 N–H and O–H groups in total. The minimum Gasteiger partial charge on any atom is -0.479 e. The quantitative estimate of drug-likeness (QED) is 0.684. The molecule has 72 valence electrons. The van der Waals surface area contributed by atoms with Gasteiger partial charge < -0.3 is 15.7 Å². The van der Waals surface area contributed by atoms with Crippen molar-refractivity contribution in [3.63, 3.8) is 0 Å². The van der Waals surface area contributed by atoms with E-state index >= 15 is 0 Å². The molecule has 4 nitrogen and oxygen atoms in total. The summed E-state index contributed by atoms with van der Waals surface area (Å²) in [5, 5.41) is 17.4. The highest BCUT2D eigenvalue weighted by molar-refractivity contribution is 5.72. The van der Waals surface area contributed by atoms with E-state index in [1.54, 1.807) is 12.1 Å². The van der Waals surface area contributed by atoms with Gasteiger partial charge in [0.15, 0.2) is 6.10 Å². The highest BCUT2D eigenvalue weighted by atomic mass is 16.4. The van der Waals surface area contributed by atoms with E-state index in [2.05, 4.69) is 0 Å². The van der Waals surface area contributed by atoms with Gasteiger partial charge in [-0.05, 0) is 5.56 Å². The molecular formula is C9H12O4. The highest BCUT2D eigenvalue weighted by Crippen LogP contribution is 2.02. The largest absolute Gasteiger partial charge is 0.479 e. The van der Waals surface area contributed by atoms with Gasteiger partial charge in [0.05, 0.1) is 0 Å². The third kappa shape index (κ3) is 3.68. The topological polar surface area (TPSA) is 89.0 Å². The lowest BCUT2D eigenvalue weighted by Crippen LogP contribution is -2.21. The Morgan fingerprint density at radius 3 is 2.31 bits per heavy atom. The normalized spacial score (nSPS) is 11.5. The van der Waals surface area contributed by atoms with E-state index in [-0.39, 0.29) is 11.9 Å². The smallest absolute Gasteiger partial charge is 0.332 e. The molecule has 0 aliphatic heterocycles. The molecule has 1 atom stereocenters. The first kappa shape index (κ1) is 11.6. The van der Waals surface area contributed by atoms with Gasteiger partial charge in [-0.1, -0.05) is 30.3 Å². The number of carboxylic acid groups (broad SMARTS) is 1. The van der Waals surface area contributed by atoms with Gasteiger partial charge in [-0.25, -0.2) is 4.79 Å². The molecule has 0 spiro atoms. The molecule has 0 amide bonds. The van der Waals surface area contributed by atoms with E-state index in [0.29, 0.717) is 0 Å². The van der Waals surface area contributed by atoms with Crippen molar-refractivity contribution in [2.75, 3.05) is 0 Å². The summed E-state index contributed by atoms with van der Waals surface area (Å²) in [6.45, 7) is 0. The van der Waals surface area contributed by atoms with Crippen molar-refractivity contribution >= 4 is 5.97 Å². The molecule has 0 saturated heterocycles. The Labute approximate surface area is 75.8 Å². The van der Waals surface area contributed by atoms with Crippen molar-refractivity contribution in [2.24, 2.45) is 0 Å². The van der Waals surface area contributed by atoms with Crippen LogP contribution in [-0.2, 0) is 11.2 Å². The summed E-state index contributed by atoms with van der Waals surface area (Å²) in [6, 6.07) is 9.03. The zero-order valence-electron chi connectivity index (χ0n) is 6.97. The molecule has 4 heteroatoms. The molecule has 0 aliphatic carbocycles. The number of benzene rings is 1. The van der Waals surface area contributed by atoms with E-state index in [1.807, 2.05) is 18.2 Å². The van der Waals surface area contributed by atoms with Crippen LogP contribution in [0.3, 0.4) is 0 Å². The summed E-state index contributed by atoms with van der Waals surface area (Å²) in [6.07, 6.45) is -1.14. The Morgan fingerprint density at radius 1 is 1.31 bits per heavy atom. The fraction of sp³-hybridized carbons (Fsp3) is 0.222. The molecule has 1 rings (SSSR count). The average Bonchev–Trinajstić information content (AvgIpc) is 2.06. The van der Waals surface area contributed by atoms with Gasteiger partial charge >= 0.3 is 5.97 Å². The Morgan fingerprint density at radius 2 is 1.85 bits per heavy atom. The summed E-state index contributed by atoms with van der Waals surface area (Å²) < 4.78 is 0. The number of hydrogen-bond acceptors (Lipinski definition) is 2. The lowest BCUT2D eigenvalue weighted by molar-refractivity contribution is -0.146. The van der Waals surface area contributed by atoms with Gasteiger partial charge in [-0.2, -0.15) is 0 Å². The summed E-state index contributed by atoms with van der Waals surface area (Å²) in [7, 11) is 0. The van der Waals surface area contributed by atoms with Crippen LogP contribution < -0.4 is 0 Å². The zero-order chi connectivity index (χ0) is 8.97. The molecule has 0 bridgehead atoms. The number of aliphatic hydroxyl groups is 1. The molecular weight excluding hydrogens is 172 g/mol. The van der Waals surface area contributed by atoms with Crippen LogP contribution in [-0.4, -0.2) is 27.8 Å². The first-order valence-electron chi connectivity index (χ1n) is 3.65. The number of carboxylic acids is 1. The molecule has 0 heterocycles. The molecule has 0 aromatic heterocycles. The molecule has 0 saturated carbocycles. The van der Waals surface area contributed by atoms with Crippen molar-refractivity contribution in [1.29, 1.82) is 0 Å². The van der Waals surface area contributed by atoms with Crippen molar-refractivity contribution in [2.45, 2.75) is 12.5 Å². The van der Waals surface area contributed by atoms with E-state index in [0.717, 1.165) is 5.56 Å². The Hall–Kier alpha value is -1.39. The minimum absolute atomic E-state index is 0. The number of hydrogen-bond donors (Lipinski definition) is 2. The second kappa shape index (κ2) is 5.29. The lowest BCUT2D eigenvalue weighted by Gasteiger charge is -2.03. The number of aliphatic hydroxyl groups excluding tert-OH is 1. The number of aliphatic carboxylic acids is 1. The van der Waals surface area contributed by atoms with E-state index in [9.17, 15) is 4.79 Å². The van der Waals surface area contributed by atoms with Gasteiger partial charge in [0.25, 0.3) is 0 Å². The van der Waals surface area contributed by atoms with E-state index < -0.39 is 12.1 Å². The lowest BCUT2D eigenvalue weighted by atomic mass is 10.1. The van der Waals surface area contributed by atoms with Crippen molar-refractivity contribution in [3.05, 3.63) is 35.9 Å². The fourth-order valence-corrected chi connectivity index (χ4v) is 0.925. The number of rotatable bonds is 3. The van der Waals surface area contributed by atoms with Crippen LogP contribution >= 0.6 is 0 Å². The standard InChI is InChI=1S/C9H10O3.H2O/c10-8(9(11)12)6-7-4-2-1-3-5-7;/h1-5,8,10H,6H2,(H,11,12);1H2. The Balaban J connectivity index is 0.00000144. The summed E-state index contributed by atoms with van der Waals surface area (Å²) in [5.74, 6) is -1.18. The summed E-state index contributed by atoms with van der Waals surface area (Å²) in [4.78, 5) is 10.3. The van der Waals surface area contributed by atoms with E-state index in [1.165, 1.54) is 0 Å². The van der Waals surface area contributed by atoms with Gasteiger partial charge in [0.1, 0.15) is 0 Å². The van der Waals surface area contributed by atoms with Crippen molar-refractivity contribution in [1.82, 2.24) is 0 Å². The van der Waals surface area contributed by atoms with Crippen LogP contribution in [0.15, 0.2) is 30.3 Å². The third-order valence-corrected chi connectivity index (χ3v) is 1.56.